The number of anilines is 2. The van der Waals surface area contributed by atoms with Gasteiger partial charge in [-0.2, -0.15) is 8.78 Å². The molecule has 158 valence electrons. The Balaban J connectivity index is 1.78. The molecule has 0 saturated carbocycles. The first-order chi connectivity index (χ1) is 15.1. The molecule has 0 spiro atoms. The summed E-state index contributed by atoms with van der Waals surface area (Å²) < 4.78 is 35.4. The molecule has 0 aliphatic carbocycles. The van der Waals surface area contributed by atoms with Gasteiger partial charge >= 0.3 is 6.61 Å². The molecule has 0 fully saturated rings. The van der Waals surface area contributed by atoms with Crippen molar-refractivity contribution in [1.29, 1.82) is 0 Å². The summed E-state index contributed by atoms with van der Waals surface area (Å²) in [5, 5.41) is 3.94. The highest BCUT2D eigenvalue weighted by Crippen LogP contribution is 2.31. The van der Waals surface area contributed by atoms with E-state index in [1.54, 1.807) is 24.5 Å². The fourth-order valence-corrected chi connectivity index (χ4v) is 3.02. The van der Waals surface area contributed by atoms with Crippen molar-refractivity contribution in [1.82, 2.24) is 15.0 Å². The molecule has 31 heavy (non-hydrogen) atoms. The van der Waals surface area contributed by atoms with Gasteiger partial charge in [0.15, 0.2) is 5.82 Å². The lowest BCUT2D eigenvalue weighted by Gasteiger charge is -2.13. The van der Waals surface area contributed by atoms with E-state index in [0.29, 0.717) is 35.2 Å². The van der Waals surface area contributed by atoms with Gasteiger partial charge in [-0.1, -0.05) is 13.0 Å². The Kier molecular flexibility index (Phi) is 6.16. The highest BCUT2D eigenvalue weighted by atomic mass is 19.3. The number of pyridine rings is 1. The summed E-state index contributed by atoms with van der Waals surface area (Å²) in [6, 6.07) is 15.6. The first kappa shape index (κ1) is 20.5. The number of hydrogen-bond acceptors (Lipinski definition) is 6. The van der Waals surface area contributed by atoms with Crippen LogP contribution in [0, 0.1) is 0 Å². The molecule has 0 saturated heterocycles. The quantitative estimate of drug-likeness (QED) is 0.386. The van der Waals surface area contributed by atoms with Crippen LogP contribution in [-0.4, -0.2) is 28.2 Å². The molecule has 1 N–H and O–H groups in total. The molecular formula is C23H20F2N4O2. The summed E-state index contributed by atoms with van der Waals surface area (Å²) in [4.78, 5) is 13.5. The van der Waals surface area contributed by atoms with Crippen LogP contribution in [-0.2, 0) is 0 Å². The van der Waals surface area contributed by atoms with E-state index in [1.807, 2.05) is 37.3 Å². The van der Waals surface area contributed by atoms with Crippen molar-refractivity contribution in [2.24, 2.45) is 0 Å². The summed E-state index contributed by atoms with van der Waals surface area (Å²) in [6.07, 6.45) is 4.24. The van der Waals surface area contributed by atoms with Crippen molar-refractivity contribution in [3.05, 3.63) is 67.0 Å². The van der Waals surface area contributed by atoms with Gasteiger partial charge in [-0.05, 0) is 48.9 Å². The van der Waals surface area contributed by atoms with Crippen molar-refractivity contribution in [2.45, 2.75) is 20.0 Å². The lowest BCUT2D eigenvalue weighted by atomic mass is 10.2. The third-order valence-corrected chi connectivity index (χ3v) is 4.38. The number of hydrogen-bond donors (Lipinski definition) is 1. The molecule has 0 atom stereocenters. The molecule has 0 unspecified atom stereocenters. The highest BCUT2D eigenvalue weighted by molar-refractivity contribution is 5.93. The number of alkyl halides is 2. The first-order valence-corrected chi connectivity index (χ1v) is 9.79. The molecule has 0 aliphatic rings. The average Bonchev–Trinajstić information content (AvgIpc) is 2.78. The zero-order valence-electron chi connectivity index (χ0n) is 16.8. The summed E-state index contributed by atoms with van der Waals surface area (Å²) in [5.74, 6) is 1.76. The minimum absolute atomic E-state index is 0.0535. The monoisotopic (exact) mass is 422 g/mol. The van der Waals surface area contributed by atoms with Crippen molar-refractivity contribution >= 4 is 22.4 Å². The standard InChI is InChI=1S/C23H20F2N4O2/c1-2-11-30-17-8-9-20-19(13-17)22(29-21(28-20)15-5-4-10-26-14-15)27-16-6-3-7-18(12-16)31-23(24)25/h3-10,12-14,23H,2,11H2,1H3,(H,27,28,29). The van der Waals surface area contributed by atoms with Crippen LogP contribution in [0.4, 0.5) is 20.3 Å². The van der Waals surface area contributed by atoms with Crippen LogP contribution in [0.2, 0.25) is 0 Å². The summed E-state index contributed by atoms with van der Waals surface area (Å²) in [6.45, 7) is -0.271. The maximum Gasteiger partial charge on any atom is 0.387 e. The second-order valence-corrected chi connectivity index (χ2v) is 6.70. The van der Waals surface area contributed by atoms with Crippen molar-refractivity contribution < 1.29 is 18.3 Å². The van der Waals surface area contributed by atoms with Crippen molar-refractivity contribution in [2.75, 3.05) is 11.9 Å². The summed E-state index contributed by atoms with van der Waals surface area (Å²) in [5.41, 5.74) is 2.02. The van der Waals surface area contributed by atoms with E-state index < -0.39 is 6.61 Å². The van der Waals surface area contributed by atoms with Crippen LogP contribution in [0.3, 0.4) is 0 Å². The average molecular weight is 422 g/mol. The largest absolute Gasteiger partial charge is 0.494 e. The zero-order valence-corrected chi connectivity index (χ0v) is 16.8. The van der Waals surface area contributed by atoms with E-state index in [1.165, 1.54) is 12.1 Å². The molecule has 8 heteroatoms. The topological polar surface area (TPSA) is 69.2 Å². The fourth-order valence-electron chi connectivity index (χ4n) is 3.02. The van der Waals surface area contributed by atoms with Gasteiger partial charge in [0.05, 0.1) is 12.1 Å². The molecule has 0 amide bonds. The van der Waals surface area contributed by atoms with Gasteiger partial charge in [0.1, 0.15) is 17.3 Å². The minimum Gasteiger partial charge on any atom is -0.494 e. The number of fused-ring (bicyclic) bond motifs is 1. The zero-order chi connectivity index (χ0) is 21.6. The van der Waals surface area contributed by atoms with Crippen molar-refractivity contribution in [3.8, 4) is 22.9 Å². The predicted octanol–water partition coefficient (Wildman–Crippen LogP) is 5.83. The van der Waals surface area contributed by atoms with Crippen LogP contribution in [0.25, 0.3) is 22.3 Å². The van der Waals surface area contributed by atoms with Gasteiger partial charge in [0.25, 0.3) is 0 Å². The van der Waals surface area contributed by atoms with E-state index in [4.69, 9.17) is 4.74 Å². The van der Waals surface area contributed by atoms with Crippen LogP contribution >= 0.6 is 0 Å². The Bertz CT molecular complexity index is 1170. The van der Waals surface area contributed by atoms with Gasteiger partial charge in [0.2, 0.25) is 0 Å². The Labute approximate surface area is 177 Å². The number of ether oxygens (including phenoxy) is 2. The van der Waals surface area contributed by atoms with E-state index in [2.05, 4.69) is 25.0 Å². The van der Waals surface area contributed by atoms with E-state index in [0.717, 1.165) is 17.4 Å². The lowest BCUT2D eigenvalue weighted by molar-refractivity contribution is -0.0498. The number of benzene rings is 2. The smallest absolute Gasteiger partial charge is 0.387 e. The van der Waals surface area contributed by atoms with Gasteiger partial charge in [-0.3, -0.25) is 4.98 Å². The summed E-state index contributed by atoms with van der Waals surface area (Å²) in [7, 11) is 0. The third-order valence-electron chi connectivity index (χ3n) is 4.38. The molecule has 6 nitrogen and oxygen atoms in total. The molecule has 4 aromatic rings. The minimum atomic E-state index is -2.90. The maximum absolute atomic E-state index is 12.6. The fraction of sp³-hybridized carbons (Fsp3) is 0.174. The highest BCUT2D eigenvalue weighted by Gasteiger charge is 2.12. The van der Waals surface area contributed by atoms with Gasteiger partial charge in [-0.15, -0.1) is 0 Å². The summed E-state index contributed by atoms with van der Waals surface area (Å²) >= 11 is 0. The van der Waals surface area contributed by atoms with Crippen LogP contribution in [0.1, 0.15) is 13.3 Å². The Morgan fingerprint density at radius 1 is 1.00 bits per heavy atom. The van der Waals surface area contributed by atoms with E-state index >= 15 is 0 Å². The van der Waals surface area contributed by atoms with Crippen LogP contribution in [0.15, 0.2) is 67.0 Å². The lowest BCUT2D eigenvalue weighted by Crippen LogP contribution is -2.03. The van der Waals surface area contributed by atoms with Crippen molar-refractivity contribution in [3.63, 3.8) is 0 Å². The molecule has 0 aliphatic heterocycles. The number of nitrogens with one attached hydrogen (secondary N) is 1. The number of rotatable bonds is 8. The molecule has 0 radical (unpaired) electrons. The second-order valence-electron chi connectivity index (χ2n) is 6.70. The molecule has 2 heterocycles. The number of nitrogens with zero attached hydrogens (tertiary/aromatic N) is 3. The van der Waals surface area contributed by atoms with Gasteiger partial charge in [-0.25, -0.2) is 9.97 Å². The second kappa shape index (κ2) is 9.34. The molecule has 2 aromatic carbocycles. The molecular weight excluding hydrogens is 402 g/mol. The number of halogens is 2. The Morgan fingerprint density at radius 2 is 1.90 bits per heavy atom. The van der Waals surface area contributed by atoms with Crippen LogP contribution in [0.5, 0.6) is 11.5 Å². The van der Waals surface area contributed by atoms with E-state index in [-0.39, 0.29) is 5.75 Å². The molecule has 0 bridgehead atoms. The first-order valence-electron chi connectivity index (χ1n) is 9.79. The molecule has 2 aromatic heterocycles. The maximum atomic E-state index is 12.6. The predicted molar refractivity (Wildman–Crippen MR) is 115 cm³/mol. The Morgan fingerprint density at radius 3 is 2.68 bits per heavy atom. The number of aromatic nitrogens is 3. The third kappa shape index (κ3) is 5.03. The Hall–Kier alpha value is -3.81. The molecule has 4 rings (SSSR count). The normalized spacial score (nSPS) is 11.0. The van der Waals surface area contributed by atoms with Crippen LogP contribution < -0.4 is 14.8 Å². The van der Waals surface area contributed by atoms with E-state index in [9.17, 15) is 8.78 Å². The van der Waals surface area contributed by atoms with Gasteiger partial charge in [0, 0.05) is 35.1 Å². The SMILES string of the molecule is CCCOc1ccc2nc(-c3cccnc3)nc(Nc3cccc(OC(F)F)c3)c2c1. The van der Waals surface area contributed by atoms with Gasteiger partial charge < -0.3 is 14.8 Å².